The minimum atomic E-state index is -0.285. The van der Waals surface area contributed by atoms with Gasteiger partial charge in [0.1, 0.15) is 5.82 Å². The highest BCUT2D eigenvalue weighted by Gasteiger charge is 2.38. The maximum atomic E-state index is 14.4. The van der Waals surface area contributed by atoms with E-state index in [0.717, 1.165) is 37.8 Å². The van der Waals surface area contributed by atoms with E-state index in [0.29, 0.717) is 38.8 Å². The van der Waals surface area contributed by atoms with Crippen LogP contribution in [-0.2, 0) is 10.2 Å². The molecule has 1 atom stereocenters. The van der Waals surface area contributed by atoms with Crippen LogP contribution in [0.2, 0.25) is 0 Å². The van der Waals surface area contributed by atoms with E-state index in [1.807, 2.05) is 31.1 Å². The molecule has 0 radical (unpaired) electrons. The van der Waals surface area contributed by atoms with Gasteiger partial charge in [-0.15, -0.1) is 0 Å². The Kier molecular flexibility index (Phi) is 6.71. The van der Waals surface area contributed by atoms with E-state index in [4.69, 9.17) is 4.74 Å². The zero-order chi connectivity index (χ0) is 19.3. The topological polar surface area (TPSA) is 44.8 Å². The molecule has 1 aliphatic heterocycles. The van der Waals surface area contributed by atoms with Crippen LogP contribution in [0.25, 0.3) is 0 Å². The number of rotatable bonds is 5. The van der Waals surface area contributed by atoms with E-state index in [9.17, 15) is 9.18 Å². The largest absolute Gasteiger partial charge is 0.379 e. The second-order valence-electron chi connectivity index (χ2n) is 8.28. The predicted octanol–water partition coefficient (Wildman–Crippen LogP) is 2.86. The monoisotopic (exact) mass is 377 g/mol. The van der Waals surface area contributed by atoms with Crippen molar-refractivity contribution in [3.8, 4) is 0 Å². The molecule has 1 aliphatic carbocycles. The van der Waals surface area contributed by atoms with Gasteiger partial charge in [-0.2, -0.15) is 0 Å². The fourth-order valence-electron chi connectivity index (χ4n) is 4.53. The highest BCUT2D eigenvalue weighted by atomic mass is 19.1. The molecular weight excluding hydrogens is 345 g/mol. The van der Waals surface area contributed by atoms with Gasteiger partial charge in [-0.05, 0) is 38.6 Å². The van der Waals surface area contributed by atoms with Crippen LogP contribution in [-0.4, -0.2) is 69.3 Å². The molecule has 0 aromatic heterocycles. The van der Waals surface area contributed by atoms with Crippen molar-refractivity contribution in [3.05, 3.63) is 35.6 Å². The number of hydrogen-bond acceptors (Lipinski definition) is 3. The molecule has 1 aromatic rings. The zero-order valence-corrected chi connectivity index (χ0v) is 16.5. The van der Waals surface area contributed by atoms with Gasteiger partial charge in [0, 0.05) is 37.5 Å². The molecule has 1 N–H and O–H groups in total. The molecule has 3 rings (SSSR count). The van der Waals surface area contributed by atoms with Crippen LogP contribution in [0.4, 0.5) is 9.18 Å². The van der Waals surface area contributed by atoms with Crippen molar-refractivity contribution in [1.29, 1.82) is 0 Å². The number of halogens is 1. The Hall–Kier alpha value is -1.66. The summed E-state index contributed by atoms with van der Waals surface area (Å²) in [5, 5.41) is 3.11. The van der Waals surface area contributed by atoms with Gasteiger partial charge in [0.05, 0.1) is 13.2 Å². The first-order valence-corrected chi connectivity index (χ1v) is 10.0. The molecule has 1 aromatic carbocycles. The van der Waals surface area contributed by atoms with Crippen molar-refractivity contribution in [2.24, 2.45) is 5.92 Å². The van der Waals surface area contributed by atoms with Gasteiger partial charge >= 0.3 is 6.03 Å². The molecule has 5 nitrogen and oxygen atoms in total. The minimum absolute atomic E-state index is 0.0631. The molecular formula is C21H32FN3O2. The fraction of sp³-hybridized carbons (Fsp3) is 0.667. The molecule has 0 bridgehead atoms. The third-order valence-corrected chi connectivity index (χ3v) is 5.83. The number of nitrogens with one attached hydrogen (secondary N) is 1. The summed E-state index contributed by atoms with van der Waals surface area (Å²) in [5.41, 5.74) is 0.458. The van der Waals surface area contributed by atoms with Crippen molar-refractivity contribution in [3.63, 3.8) is 0 Å². The second-order valence-corrected chi connectivity index (χ2v) is 8.28. The smallest absolute Gasteiger partial charge is 0.317 e. The Morgan fingerprint density at radius 2 is 2.07 bits per heavy atom. The molecule has 1 unspecified atom stereocenters. The Balaban J connectivity index is 1.65. The third kappa shape index (κ3) is 4.99. The number of hydrogen-bond donors (Lipinski definition) is 1. The van der Waals surface area contributed by atoms with Gasteiger partial charge in [0.2, 0.25) is 0 Å². The summed E-state index contributed by atoms with van der Waals surface area (Å²) in [4.78, 5) is 16.8. The summed E-state index contributed by atoms with van der Waals surface area (Å²) >= 11 is 0. The first-order chi connectivity index (χ1) is 13.0. The Morgan fingerprint density at radius 3 is 2.78 bits per heavy atom. The SMILES string of the molecule is CN(C)CC1COCCN(C(=O)NCC2(c3ccccc3F)CCCC2)C1. The predicted molar refractivity (Wildman–Crippen MR) is 104 cm³/mol. The lowest BCUT2D eigenvalue weighted by molar-refractivity contribution is 0.112. The summed E-state index contributed by atoms with van der Waals surface area (Å²) in [7, 11) is 4.07. The van der Waals surface area contributed by atoms with E-state index in [-0.39, 0.29) is 17.3 Å². The molecule has 0 spiro atoms. The van der Waals surface area contributed by atoms with Crippen LogP contribution in [0.15, 0.2) is 24.3 Å². The third-order valence-electron chi connectivity index (χ3n) is 5.83. The number of carbonyl (C=O) groups is 1. The van der Waals surface area contributed by atoms with E-state index >= 15 is 0 Å². The number of ether oxygens (including phenoxy) is 1. The molecule has 27 heavy (non-hydrogen) atoms. The van der Waals surface area contributed by atoms with Gasteiger partial charge < -0.3 is 19.9 Å². The number of urea groups is 1. The lowest BCUT2D eigenvalue weighted by Crippen LogP contribution is -2.48. The zero-order valence-electron chi connectivity index (χ0n) is 16.5. The summed E-state index contributed by atoms with van der Waals surface area (Å²) in [5.74, 6) is 0.142. The van der Waals surface area contributed by atoms with Crippen LogP contribution < -0.4 is 5.32 Å². The standard InChI is InChI=1S/C21H32FN3O2/c1-24(2)13-17-14-25(11-12-27-15-17)20(26)23-16-21(9-5-6-10-21)18-7-3-4-8-19(18)22/h3-4,7-8,17H,5-6,9-16H2,1-2H3,(H,23,26). The van der Waals surface area contributed by atoms with Gasteiger partial charge in [0.25, 0.3) is 0 Å². The van der Waals surface area contributed by atoms with Crippen LogP contribution in [0.3, 0.4) is 0 Å². The Bertz CT molecular complexity index is 632. The highest BCUT2D eigenvalue weighted by molar-refractivity contribution is 5.74. The highest BCUT2D eigenvalue weighted by Crippen LogP contribution is 2.41. The lowest BCUT2D eigenvalue weighted by atomic mass is 9.78. The van der Waals surface area contributed by atoms with Crippen molar-refractivity contribution >= 4 is 6.03 Å². The van der Waals surface area contributed by atoms with E-state index in [1.54, 1.807) is 6.07 Å². The minimum Gasteiger partial charge on any atom is -0.379 e. The molecule has 2 fully saturated rings. The number of carbonyl (C=O) groups excluding carboxylic acids is 1. The summed E-state index contributed by atoms with van der Waals surface area (Å²) in [6.45, 7) is 3.92. The first-order valence-electron chi connectivity index (χ1n) is 10.0. The number of benzene rings is 1. The normalized spacial score (nSPS) is 22.7. The lowest BCUT2D eigenvalue weighted by Gasteiger charge is -2.32. The van der Waals surface area contributed by atoms with Crippen molar-refractivity contribution in [2.75, 3.05) is 53.5 Å². The van der Waals surface area contributed by atoms with Crippen LogP contribution in [0, 0.1) is 11.7 Å². The van der Waals surface area contributed by atoms with Gasteiger partial charge in [-0.25, -0.2) is 9.18 Å². The molecule has 2 aliphatic rings. The first kappa shape index (κ1) is 20.1. The van der Waals surface area contributed by atoms with Crippen molar-refractivity contribution < 1.29 is 13.9 Å². The van der Waals surface area contributed by atoms with Crippen LogP contribution in [0.1, 0.15) is 31.2 Å². The average molecular weight is 378 g/mol. The second kappa shape index (κ2) is 9.02. The van der Waals surface area contributed by atoms with Crippen LogP contribution >= 0.6 is 0 Å². The molecule has 1 saturated carbocycles. The Labute approximate surface area is 161 Å². The summed E-state index contributed by atoms with van der Waals surface area (Å²) in [6, 6.07) is 6.95. The molecule has 1 saturated heterocycles. The molecule has 150 valence electrons. The quantitative estimate of drug-likeness (QED) is 0.858. The average Bonchev–Trinajstić information content (AvgIpc) is 3.00. The number of nitrogens with zero attached hydrogens (tertiary/aromatic N) is 2. The maximum absolute atomic E-state index is 14.4. The molecule has 1 heterocycles. The van der Waals surface area contributed by atoms with Gasteiger partial charge in [-0.3, -0.25) is 0 Å². The summed E-state index contributed by atoms with van der Waals surface area (Å²) in [6.07, 6.45) is 3.99. The molecule has 2 amide bonds. The summed E-state index contributed by atoms with van der Waals surface area (Å²) < 4.78 is 20.1. The Morgan fingerprint density at radius 1 is 1.33 bits per heavy atom. The van der Waals surface area contributed by atoms with Gasteiger partial charge in [-0.1, -0.05) is 31.0 Å². The van der Waals surface area contributed by atoms with E-state index in [1.165, 1.54) is 6.07 Å². The van der Waals surface area contributed by atoms with E-state index in [2.05, 4.69) is 10.2 Å². The van der Waals surface area contributed by atoms with Crippen molar-refractivity contribution in [1.82, 2.24) is 15.1 Å². The van der Waals surface area contributed by atoms with Gasteiger partial charge in [0.15, 0.2) is 0 Å². The number of amides is 2. The van der Waals surface area contributed by atoms with E-state index < -0.39 is 0 Å². The fourth-order valence-corrected chi connectivity index (χ4v) is 4.53. The van der Waals surface area contributed by atoms with Crippen molar-refractivity contribution in [2.45, 2.75) is 31.1 Å². The van der Waals surface area contributed by atoms with Crippen LogP contribution in [0.5, 0.6) is 0 Å². The molecule has 6 heteroatoms. The maximum Gasteiger partial charge on any atom is 0.317 e.